The minimum atomic E-state index is -0.981. The molecule has 0 radical (unpaired) electrons. The largest absolute Gasteiger partial charge is 0.478 e. The lowest BCUT2D eigenvalue weighted by Gasteiger charge is -2.19. The van der Waals surface area contributed by atoms with Crippen molar-refractivity contribution in [1.29, 1.82) is 0 Å². The van der Waals surface area contributed by atoms with E-state index < -0.39 is 5.97 Å². The molecule has 0 heterocycles. The van der Waals surface area contributed by atoms with Gasteiger partial charge in [0.05, 0.1) is 5.56 Å². The normalized spacial score (nSPS) is 10.2. The minimum Gasteiger partial charge on any atom is -0.478 e. The molecule has 0 aliphatic heterocycles. The zero-order chi connectivity index (χ0) is 15.6. The Balaban J connectivity index is 2.30. The van der Waals surface area contributed by atoms with Gasteiger partial charge >= 0.3 is 5.97 Å². The van der Waals surface area contributed by atoms with E-state index in [2.05, 4.69) is 0 Å². The van der Waals surface area contributed by atoms with Crippen molar-refractivity contribution < 1.29 is 14.7 Å². The Labute approximate surface area is 123 Å². The van der Waals surface area contributed by atoms with Crippen LogP contribution < -0.4 is 4.90 Å². The number of benzene rings is 2. The molecule has 1 N–H and O–H groups in total. The Kier molecular flexibility index (Phi) is 4.08. The predicted octanol–water partition coefficient (Wildman–Crippen LogP) is 3.28. The first-order valence-electron chi connectivity index (χ1n) is 6.59. The molecular formula is C17H17NO3. The van der Waals surface area contributed by atoms with Crippen molar-refractivity contribution in [3.63, 3.8) is 0 Å². The van der Waals surface area contributed by atoms with Gasteiger partial charge in [-0.25, -0.2) is 4.79 Å². The van der Waals surface area contributed by atoms with E-state index in [9.17, 15) is 9.59 Å². The van der Waals surface area contributed by atoms with Crippen molar-refractivity contribution in [2.45, 2.75) is 13.8 Å². The van der Waals surface area contributed by atoms with Crippen molar-refractivity contribution in [2.24, 2.45) is 0 Å². The quantitative estimate of drug-likeness (QED) is 0.940. The molecule has 108 valence electrons. The second-order valence-electron chi connectivity index (χ2n) is 5.03. The van der Waals surface area contributed by atoms with E-state index in [1.165, 1.54) is 17.0 Å². The molecule has 2 aromatic rings. The number of aryl methyl sites for hydroxylation is 2. The number of aromatic carboxylic acids is 1. The van der Waals surface area contributed by atoms with Crippen LogP contribution in [0, 0.1) is 13.8 Å². The molecule has 0 saturated carbocycles. The lowest BCUT2D eigenvalue weighted by Crippen LogP contribution is -2.27. The zero-order valence-electron chi connectivity index (χ0n) is 12.3. The van der Waals surface area contributed by atoms with Crippen molar-refractivity contribution in [3.8, 4) is 0 Å². The van der Waals surface area contributed by atoms with Crippen LogP contribution in [0.25, 0.3) is 0 Å². The zero-order valence-corrected chi connectivity index (χ0v) is 12.3. The third-order valence-electron chi connectivity index (χ3n) is 3.43. The molecule has 0 atom stereocenters. The molecule has 0 unspecified atom stereocenters. The molecule has 4 nitrogen and oxygen atoms in total. The lowest BCUT2D eigenvalue weighted by atomic mass is 10.0. The van der Waals surface area contributed by atoms with Crippen molar-refractivity contribution >= 4 is 17.6 Å². The summed E-state index contributed by atoms with van der Waals surface area (Å²) in [6.45, 7) is 3.84. The maximum Gasteiger partial charge on any atom is 0.335 e. The van der Waals surface area contributed by atoms with E-state index in [0.29, 0.717) is 11.3 Å². The van der Waals surface area contributed by atoms with Crippen LogP contribution in [0.3, 0.4) is 0 Å². The first-order valence-corrected chi connectivity index (χ1v) is 6.59. The first kappa shape index (κ1) is 14.8. The number of hydrogen-bond donors (Lipinski definition) is 1. The summed E-state index contributed by atoms with van der Waals surface area (Å²) >= 11 is 0. The number of anilines is 1. The van der Waals surface area contributed by atoms with Gasteiger partial charge in [0, 0.05) is 18.3 Å². The Morgan fingerprint density at radius 3 is 2.19 bits per heavy atom. The van der Waals surface area contributed by atoms with E-state index in [1.54, 1.807) is 19.2 Å². The van der Waals surface area contributed by atoms with E-state index >= 15 is 0 Å². The van der Waals surface area contributed by atoms with Crippen LogP contribution >= 0.6 is 0 Å². The number of amides is 1. The Morgan fingerprint density at radius 1 is 1.00 bits per heavy atom. The second-order valence-corrected chi connectivity index (χ2v) is 5.03. The molecule has 0 aliphatic rings. The van der Waals surface area contributed by atoms with Gasteiger partial charge in [0.1, 0.15) is 0 Å². The van der Waals surface area contributed by atoms with Gasteiger partial charge in [0.25, 0.3) is 5.91 Å². The van der Waals surface area contributed by atoms with E-state index in [0.717, 1.165) is 11.1 Å². The summed E-state index contributed by atoms with van der Waals surface area (Å²) in [6.07, 6.45) is 0. The summed E-state index contributed by atoms with van der Waals surface area (Å²) in [6, 6.07) is 12.0. The fourth-order valence-corrected chi connectivity index (χ4v) is 2.09. The number of nitrogens with zero attached hydrogens (tertiary/aromatic N) is 1. The second kappa shape index (κ2) is 5.79. The summed E-state index contributed by atoms with van der Waals surface area (Å²) < 4.78 is 0. The summed E-state index contributed by atoms with van der Waals surface area (Å²) in [5.41, 5.74) is 3.45. The third kappa shape index (κ3) is 3.11. The highest BCUT2D eigenvalue weighted by molar-refractivity contribution is 6.07. The summed E-state index contributed by atoms with van der Waals surface area (Å²) in [5.74, 6) is -1.09. The smallest absolute Gasteiger partial charge is 0.335 e. The standard InChI is InChI=1S/C17H17NO3/c1-11-4-5-12(2)15(10-11)16(19)18(3)14-8-6-13(7-9-14)17(20)21/h4-10H,1-3H3,(H,20,21). The molecule has 0 bridgehead atoms. The fraction of sp³-hybridized carbons (Fsp3) is 0.176. The molecule has 4 heteroatoms. The number of carboxylic acids is 1. The molecule has 1 amide bonds. The van der Waals surface area contributed by atoms with Gasteiger partial charge in [-0.15, -0.1) is 0 Å². The van der Waals surface area contributed by atoms with Gasteiger partial charge in [0.15, 0.2) is 0 Å². The van der Waals surface area contributed by atoms with Gasteiger partial charge in [0.2, 0.25) is 0 Å². The highest BCUT2D eigenvalue weighted by Gasteiger charge is 2.16. The van der Waals surface area contributed by atoms with E-state index in [1.807, 2.05) is 32.0 Å². The Morgan fingerprint density at radius 2 is 1.62 bits per heavy atom. The minimum absolute atomic E-state index is 0.112. The van der Waals surface area contributed by atoms with E-state index in [-0.39, 0.29) is 11.5 Å². The van der Waals surface area contributed by atoms with Crippen LogP contribution in [0.5, 0.6) is 0 Å². The number of carbonyl (C=O) groups excluding carboxylic acids is 1. The van der Waals surface area contributed by atoms with Crippen LogP contribution in [0.15, 0.2) is 42.5 Å². The van der Waals surface area contributed by atoms with Gasteiger partial charge in [-0.3, -0.25) is 4.79 Å². The van der Waals surface area contributed by atoms with Gasteiger partial charge in [-0.2, -0.15) is 0 Å². The summed E-state index contributed by atoms with van der Waals surface area (Å²) in [4.78, 5) is 24.9. The van der Waals surface area contributed by atoms with Gasteiger partial charge in [-0.05, 0) is 49.7 Å². The maximum atomic E-state index is 12.5. The molecule has 21 heavy (non-hydrogen) atoms. The maximum absolute atomic E-state index is 12.5. The lowest BCUT2D eigenvalue weighted by molar-refractivity contribution is 0.0696. The van der Waals surface area contributed by atoms with Gasteiger partial charge < -0.3 is 10.0 Å². The van der Waals surface area contributed by atoms with E-state index in [4.69, 9.17) is 5.11 Å². The molecular weight excluding hydrogens is 266 g/mol. The molecule has 0 aliphatic carbocycles. The number of carbonyl (C=O) groups is 2. The highest BCUT2D eigenvalue weighted by atomic mass is 16.4. The van der Waals surface area contributed by atoms with Crippen LogP contribution in [0.2, 0.25) is 0 Å². The van der Waals surface area contributed by atoms with Crippen molar-refractivity contribution in [3.05, 3.63) is 64.7 Å². The van der Waals surface area contributed by atoms with Crippen LogP contribution in [-0.4, -0.2) is 24.0 Å². The monoisotopic (exact) mass is 283 g/mol. The molecule has 0 spiro atoms. The molecule has 0 saturated heterocycles. The average molecular weight is 283 g/mol. The van der Waals surface area contributed by atoms with Crippen LogP contribution in [0.1, 0.15) is 31.8 Å². The highest BCUT2D eigenvalue weighted by Crippen LogP contribution is 2.19. The summed E-state index contributed by atoms with van der Waals surface area (Å²) in [5, 5.41) is 8.89. The summed E-state index contributed by atoms with van der Waals surface area (Å²) in [7, 11) is 1.68. The number of hydrogen-bond acceptors (Lipinski definition) is 2. The Hall–Kier alpha value is -2.62. The van der Waals surface area contributed by atoms with Crippen LogP contribution in [-0.2, 0) is 0 Å². The molecule has 2 rings (SSSR count). The SMILES string of the molecule is Cc1ccc(C)c(C(=O)N(C)c2ccc(C(=O)O)cc2)c1. The first-order chi connectivity index (χ1) is 9.90. The Bertz CT molecular complexity index is 690. The topological polar surface area (TPSA) is 57.6 Å². The van der Waals surface area contributed by atoms with Crippen molar-refractivity contribution in [2.75, 3.05) is 11.9 Å². The average Bonchev–Trinajstić information content (AvgIpc) is 2.48. The number of carboxylic acid groups (broad SMARTS) is 1. The molecule has 0 fully saturated rings. The van der Waals surface area contributed by atoms with Crippen molar-refractivity contribution in [1.82, 2.24) is 0 Å². The fourth-order valence-electron chi connectivity index (χ4n) is 2.09. The predicted molar refractivity (Wildman–Crippen MR) is 82.1 cm³/mol. The van der Waals surface area contributed by atoms with Gasteiger partial charge in [-0.1, -0.05) is 17.7 Å². The molecule has 2 aromatic carbocycles. The number of rotatable bonds is 3. The molecule has 0 aromatic heterocycles. The third-order valence-corrected chi connectivity index (χ3v) is 3.43. The van der Waals surface area contributed by atoms with Crippen LogP contribution in [0.4, 0.5) is 5.69 Å².